The molecule has 2 N–H and O–H groups in total. The van der Waals surface area contributed by atoms with Gasteiger partial charge in [-0.3, -0.25) is 4.68 Å². The van der Waals surface area contributed by atoms with Crippen LogP contribution in [-0.4, -0.2) is 64.8 Å². The fraction of sp³-hybridized carbons (Fsp3) is 0.312. The van der Waals surface area contributed by atoms with Crippen molar-refractivity contribution in [3.05, 3.63) is 82.6 Å². The maximum atomic E-state index is 13.5. The number of carbonyl (C=O) groups is 1. The molecular formula is C32H29ClF4N6O4S. The van der Waals surface area contributed by atoms with Crippen LogP contribution in [0.3, 0.4) is 0 Å². The van der Waals surface area contributed by atoms with Gasteiger partial charge in [-0.1, -0.05) is 23.7 Å². The number of thiophene rings is 1. The van der Waals surface area contributed by atoms with Crippen molar-refractivity contribution in [1.82, 2.24) is 25.1 Å². The molecule has 252 valence electrons. The highest BCUT2D eigenvalue weighted by Crippen LogP contribution is 2.45. The number of anilines is 2. The van der Waals surface area contributed by atoms with Crippen LogP contribution < -0.4 is 15.4 Å². The molecule has 0 radical (unpaired) electrons. The Bertz CT molecular complexity index is 1930. The van der Waals surface area contributed by atoms with Crippen LogP contribution in [0, 0.1) is 5.82 Å². The van der Waals surface area contributed by atoms with Gasteiger partial charge in [-0.25, -0.2) is 19.2 Å². The summed E-state index contributed by atoms with van der Waals surface area (Å²) in [5.74, 6) is -1.57. The van der Waals surface area contributed by atoms with E-state index in [2.05, 4.69) is 25.7 Å². The number of methoxy groups -OCH3 is 1. The molecule has 5 aromatic rings. The number of nitrogens with one attached hydrogen (secondary N) is 2. The molecule has 0 unspecified atom stereocenters. The van der Waals surface area contributed by atoms with Gasteiger partial charge in [0.1, 0.15) is 41.3 Å². The number of fused-ring (bicyclic) bond motifs is 5. The van der Waals surface area contributed by atoms with E-state index in [-0.39, 0.29) is 25.5 Å². The Kier molecular flexibility index (Phi) is 10.1. The summed E-state index contributed by atoms with van der Waals surface area (Å²) in [4.78, 5) is 22.3. The minimum Gasteiger partial charge on any atom is -0.487 e. The lowest BCUT2D eigenvalue weighted by molar-refractivity contribution is -0.205. The number of hydrogen-bond donors (Lipinski definition) is 2. The average molecular weight is 705 g/mol. The monoisotopic (exact) mass is 704 g/mol. The van der Waals surface area contributed by atoms with Gasteiger partial charge < -0.3 is 24.8 Å². The minimum absolute atomic E-state index is 0.0153. The van der Waals surface area contributed by atoms with Crippen molar-refractivity contribution in [2.24, 2.45) is 0 Å². The average Bonchev–Trinajstić information content (AvgIpc) is 3.64. The van der Waals surface area contributed by atoms with Gasteiger partial charge in [0, 0.05) is 42.5 Å². The summed E-state index contributed by atoms with van der Waals surface area (Å²) in [7, 11) is 1.51. The maximum Gasteiger partial charge on any atom is 0.490 e. The van der Waals surface area contributed by atoms with Gasteiger partial charge in [0.2, 0.25) is 0 Å². The zero-order valence-corrected chi connectivity index (χ0v) is 27.0. The molecule has 1 aliphatic rings. The minimum atomic E-state index is -5.11. The normalized spacial score (nSPS) is 13.2. The second-order valence-electron chi connectivity index (χ2n) is 10.9. The van der Waals surface area contributed by atoms with Gasteiger partial charge >= 0.3 is 12.1 Å². The highest BCUT2D eigenvalue weighted by molar-refractivity contribution is 7.22. The van der Waals surface area contributed by atoms with E-state index in [9.17, 15) is 22.4 Å². The predicted molar refractivity (Wildman–Crippen MR) is 172 cm³/mol. The first-order chi connectivity index (χ1) is 23.1. The van der Waals surface area contributed by atoms with E-state index in [1.54, 1.807) is 36.5 Å². The molecule has 0 spiro atoms. The predicted octanol–water partition coefficient (Wildman–Crippen LogP) is 6.48. The highest BCUT2D eigenvalue weighted by atomic mass is 35.5. The van der Waals surface area contributed by atoms with Crippen LogP contribution in [0.15, 0.2) is 55.0 Å². The number of aromatic nitrogens is 4. The lowest BCUT2D eigenvalue weighted by Crippen LogP contribution is -2.39. The molecule has 1 aliphatic carbocycles. The van der Waals surface area contributed by atoms with E-state index in [4.69, 9.17) is 25.8 Å². The fourth-order valence-corrected chi connectivity index (χ4v) is 6.80. The van der Waals surface area contributed by atoms with Crippen LogP contribution in [0.4, 0.5) is 29.1 Å². The molecule has 16 heteroatoms. The fourth-order valence-electron chi connectivity index (χ4n) is 5.34. The van der Waals surface area contributed by atoms with Gasteiger partial charge in [-0.05, 0) is 54.3 Å². The topological polar surface area (TPSA) is 112 Å². The van der Waals surface area contributed by atoms with Gasteiger partial charge in [-0.2, -0.15) is 18.3 Å². The first kappa shape index (κ1) is 33.6. The molecule has 0 saturated heterocycles. The summed E-state index contributed by atoms with van der Waals surface area (Å²) >= 11 is 7.99. The SMILES string of the molecule is COCCNC[C@H](Cn1cc2c(n1)CCc1c-2sc2ncnc(Nc3ccc(OCc4cccc(F)c4)c(Cl)c3)c12)OC(=O)C(F)(F)F. The number of rotatable bonds is 13. The standard InChI is InChI=1S/C32H29ClF4N6O4S/c1-45-10-9-38-13-21(47-31(44)32(35,36)37)14-43-15-23-25(42-43)7-6-22-27-29(39-17-40-30(27)48-28(22)23)41-20-5-8-26(24(33)12-20)46-16-18-3-2-4-19(34)11-18/h2-5,8,11-12,15,17,21,38H,6-7,9-10,13-14,16H2,1H3,(H,39,40,41)/t21-/m1/s1. The van der Waals surface area contributed by atoms with E-state index >= 15 is 0 Å². The van der Waals surface area contributed by atoms with Crippen LogP contribution in [-0.2, 0) is 40.3 Å². The van der Waals surface area contributed by atoms with Gasteiger partial charge in [0.25, 0.3) is 0 Å². The van der Waals surface area contributed by atoms with Gasteiger partial charge in [0.15, 0.2) is 0 Å². The number of nitrogens with zero attached hydrogens (tertiary/aromatic N) is 4. The smallest absolute Gasteiger partial charge is 0.487 e. The molecule has 0 saturated carbocycles. The molecule has 10 nitrogen and oxygen atoms in total. The largest absolute Gasteiger partial charge is 0.490 e. The first-order valence-corrected chi connectivity index (χ1v) is 16.0. The highest BCUT2D eigenvalue weighted by Gasteiger charge is 2.42. The Morgan fingerprint density at radius 1 is 1.17 bits per heavy atom. The van der Waals surface area contributed by atoms with Crippen LogP contribution in [0.25, 0.3) is 20.7 Å². The number of esters is 1. The van der Waals surface area contributed by atoms with Crippen LogP contribution in [0.1, 0.15) is 16.8 Å². The molecule has 48 heavy (non-hydrogen) atoms. The molecule has 3 heterocycles. The molecule has 6 rings (SSSR count). The Balaban J connectivity index is 1.20. The Morgan fingerprint density at radius 2 is 2.02 bits per heavy atom. The zero-order valence-electron chi connectivity index (χ0n) is 25.4. The lowest BCUT2D eigenvalue weighted by Gasteiger charge is -2.19. The second-order valence-corrected chi connectivity index (χ2v) is 12.3. The Hall–Kier alpha value is -4.31. The zero-order chi connectivity index (χ0) is 33.8. The number of carbonyl (C=O) groups excluding carboxylic acids is 1. The summed E-state index contributed by atoms with van der Waals surface area (Å²) in [6.45, 7) is 0.772. The summed E-state index contributed by atoms with van der Waals surface area (Å²) in [5.41, 5.74) is 3.98. The third-order valence-electron chi connectivity index (χ3n) is 7.51. The number of alkyl halides is 3. The summed E-state index contributed by atoms with van der Waals surface area (Å²) < 4.78 is 69.5. The second kappa shape index (κ2) is 14.4. The number of hydrogen-bond acceptors (Lipinski definition) is 10. The molecule has 1 atom stereocenters. The summed E-state index contributed by atoms with van der Waals surface area (Å²) in [6.07, 6.45) is -1.79. The van der Waals surface area contributed by atoms with Gasteiger partial charge in [-0.15, -0.1) is 11.3 Å². The number of ether oxygens (including phenoxy) is 3. The van der Waals surface area contributed by atoms with Crippen LogP contribution in [0.2, 0.25) is 5.02 Å². The quantitative estimate of drug-likeness (QED) is 0.0808. The van der Waals surface area contributed by atoms with Crippen LogP contribution in [0.5, 0.6) is 5.75 Å². The van der Waals surface area contributed by atoms with Crippen molar-refractivity contribution in [2.45, 2.75) is 38.3 Å². The maximum absolute atomic E-state index is 13.5. The summed E-state index contributed by atoms with van der Waals surface area (Å²) in [6, 6.07) is 11.4. The molecule has 0 amide bonds. The van der Waals surface area contributed by atoms with E-state index in [1.807, 2.05) is 0 Å². The first-order valence-electron chi connectivity index (χ1n) is 14.8. The van der Waals surface area contributed by atoms with Crippen molar-refractivity contribution < 1.29 is 36.6 Å². The third kappa shape index (κ3) is 7.70. The molecule has 0 bridgehead atoms. The number of aryl methyl sites for hydroxylation is 2. The molecule has 2 aromatic carbocycles. The van der Waals surface area contributed by atoms with Gasteiger partial charge in [0.05, 0.1) is 29.3 Å². The van der Waals surface area contributed by atoms with Crippen molar-refractivity contribution in [1.29, 1.82) is 0 Å². The van der Waals surface area contributed by atoms with E-state index < -0.39 is 18.2 Å². The third-order valence-corrected chi connectivity index (χ3v) is 8.98. The molecular weight excluding hydrogens is 676 g/mol. The molecule has 0 aliphatic heterocycles. The van der Waals surface area contributed by atoms with E-state index in [0.717, 1.165) is 31.9 Å². The number of halogens is 5. The Labute approximate surface area is 281 Å². The molecule has 3 aromatic heterocycles. The van der Waals surface area contributed by atoms with Crippen molar-refractivity contribution in [2.75, 3.05) is 32.1 Å². The molecule has 0 fully saturated rings. The van der Waals surface area contributed by atoms with E-state index in [1.165, 1.54) is 41.6 Å². The van der Waals surface area contributed by atoms with Crippen LogP contribution >= 0.6 is 22.9 Å². The van der Waals surface area contributed by atoms with Crippen molar-refractivity contribution in [3.8, 4) is 16.2 Å². The summed E-state index contributed by atoms with van der Waals surface area (Å²) in [5, 5.41) is 12.1. The van der Waals surface area contributed by atoms with Crippen molar-refractivity contribution >= 4 is 50.6 Å². The lowest BCUT2D eigenvalue weighted by atomic mass is 9.95. The van der Waals surface area contributed by atoms with E-state index in [0.29, 0.717) is 53.8 Å². The number of benzene rings is 2. The Morgan fingerprint density at radius 3 is 2.79 bits per heavy atom. The van der Waals surface area contributed by atoms with Crippen molar-refractivity contribution in [3.63, 3.8) is 0 Å².